The number of halogens is 1. The summed E-state index contributed by atoms with van der Waals surface area (Å²) in [4.78, 5) is 10.7. The molecule has 2 aromatic rings. The number of nitro benzene ring substituents is 1. The smallest absolute Gasteiger partial charge is 0.294 e. The predicted molar refractivity (Wildman–Crippen MR) is 81.7 cm³/mol. The minimum absolute atomic E-state index is 0.100. The number of H-pyrrole nitrogens is 1. The second kappa shape index (κ2) is 6.31. The first-order chi connectivity index (χ1) is 10.5. The Morgan fingerprint density at radius 1 is 1.55 bits per heavy atom. The van der Waals surface area contributed by atoms with Gasteiger partial charge in [0.15, 0.2) is 0 Å². The van der Waals surface area contributed by atoms with Crippen LogP contribution in [0.2, 0.25) is 0 Å². The van der Waals surface area contributed by atoms with Crippen molar-refractivity contribution in [2.24, 2.45) is 0 Å². The Hall–Kier alpha value is -2.80. The van der Waals surface area contributed by atoms with Gasteiger partial charge in [-0.25, -0.2) is 0 Å². The van der Waals surface area contributed by atoms with Crippen molar-refractivity contribution in [2.45, 2.75) is 13.8 Å². The minimum Gasteiger partial charge on any atom is -0.354 e. The van der Waals surface area contributed by atoms with E-state index in [1.807, 2.05) is 13.0 Å². The van der Waals surface area contributed by atoms with Crippen LogP contribution < -0.4 is 5.32 Å². The highest BCUT2D eigenvalue weighted by Crippen LogP contribution is 2.35. The molecule has 0 unspecified atom stereocenters. The van der Waals surface area contributed by atoms with E-state index in [0.717, 1.165) is 5.56 Å². The van der Waals surface area contributed by atoms with Gasteiger partial charge in [-0.15, -0.1) is 10.2 Å². The van der Waals surface area contributed by atoms with Crippen LogP contribution in [0.4, 0.5) is 11.4 Å². The number of nitrogens with one attached hydrogen (secondary N) is 2. The van der Waals surface area contributed by atoms with Gasteiger partial charge in [0, 0.05) is 16.7 Å². The van der Waals surface area contributed by atoms with Crippen molar-refractivity contribution in [3.05, 3.63) is 43.8 Å². The molecule has 10 heteroatoms. The zero-order valence-electron chi connectivity index (χ0n) is 11.6. The highest BCUT2D eigenvalue weighted by molar-refractivity contribution is 9.10. The van der Waals surface area contributed by atoms with Gasteiger partial charge in [-0.1, -0.05) is 15.9 Å². The molecule has 2 rings (SSSR count). The molecular formula is C12H10BrN7O2. The van der Waals surface area contributed by atoms with E-state index >= 15 is 0 Å². The molecule has 22 heavy (non-hydrogen) atoms. The molecule has 0 fully saturated rings. The van der Waals surface area contributed by atoms with Crippen molar-refractivity contribution in [1.29, 1.82) is 5.26 Å². The highest BCUT2D eigenvalue weighted by atomic mass is 79.9. The maximum absolute atomic E-state index is 11.2. The van der Waals surface area contributed by atoms with E-state index in [4.69, 9.17) is 5.26 Å². The van der Waals surface area contributed by atoms with E-state index in [0.29, 0.717) is 15.7 Å². The Bertz CT molecular complexity index is 793. The average Bonchev–Trinajstić information content (AvgIpc) is 3.01. The summed E-state index contributed by atoms with van der Waals surface area (Å²) in [6, 6.07) is 3.32. The van der Waals surface area contributed by atoms with E-state index in [9.17, 15) is 10.1 Å². The monoisotopic (exact) mass is 363 g/mol. The largest absolute Gasteiger partial charge is 0.354 e. The molecule has 0 amide bonds. The van der Waals surface area contributed by atoms with Crippen molar-refractivity contribution in [1.82, 2.24) is 20.6 Å². The number of aromatic amines is 1. The molecule has 0 saturated carbocycles. The Labute approximate surface area is 133 Å². The van der Waals surface area contributed by atoms with Crippen molar-refractivity contribution in [3.63, 3.8) is 0 Å². The number of nitrogens with zero attached hydrogens (tertiary/aromatic N) is 5. The van der Waals surface area contributed by atoms with Crippen LogP contribution in [0.1, 0.15) is 17.0 Å². The van der Waals surface area contributed by atoms with Gasteiger partial charge in [-0.05, 0) is 30.2 Å². The SMILES string of the molecule is Cc1c(Br)cc([N+](=O)[O-])c(NC=C(C#N)c2nn[nH]n2)c1C. The van der Waals surface area contributed by atoms with Crippen LogP contribution in [0.5, 0.6) is 0 Å². The molecule has 2 N–H and O–H groups in total. The first-order valence-corrected chi connectivity index (χ1v) is 6.79. The zero-order chi connectivity index (χ0) is 16.3. The quantitative estimate of drug-likeness (QED) is 0.483. The molecule has 1 aromatic carbocycles. The van der Waals surface area contributed by atoms with Crippen molar-refractivity contribution < 1.29 is 4.92 Å². The van der Waals surface area contributed by atoms with Crippen LogP contribution in [0.15, 0.2) is 16.7 Å². The summed E-state index contributed by atoms with van der Waals surface area (Å²) in [5, 5.41) is 36.1. The number of rotatable bonds is 4. The van der Waals surface area contributed by atoms with Gasteiger partial charge < -0.3 is 5.32 Å². The number of allylic oxidation sites excluding steroid dienone is 1. The van der Waals surface area contributed by atoms with Crippen LogP contribution in [-0.4, -0.2) is 25.5 Å². The molecule has 0 spiro atoms. The molecule has 0 aliphatic carbocycles. The Morgan fingerprint density at radius 3 is 2.82 bits per heavy atom. The maximum Gasteiger partial charge on any atom is 0.294 e. The van der Waals surface area contributed by atoms with Gasteiger partial charge in [0.1, 0.15) is 17.3 Å². The molecule has 0 saturated heterocycles. The fourth-order valence-electron chi connectivity index (χ4n) is 1.75. The second-order valence-electron chi connectivity index (χ2n) is 4.31. The van der Waals surface area contributed by atoms with Gasteiger partial charge >= 0.3 is 0 Å². The van der Waals surface area contributed by atoms with Crippen LogP contribution in [0.25, 0.3) is 5.57 Å². The maximum atomic E-state index is 11.2. The van der Waals surface area contributed by atoms with Crippen molar-refractivity contribution in [2.75, 3.05) is 5.32 Å². The van der Waals surface area contributed by atoms with Gasteiger partial charge in [0.05, 0.1) is 4.92 Å². The standard InChI is InChI=1S/C12H10BrN7O2/c1-6-7(2)11(10(20(21)22)3-9(6)13)15-5-8(4-14)12-16-18-19-17-12/h3,5,15H,1-2H3,(H,16,17,18,19). The number of tetrazole rings is 1. The summed E-state index contributed by atoms with van der Waals surface area (Å²) >= 11 is 3.29. The zero-order valence-corrected chi connectivity index (χ0v) is 13.2. The molecule has 112 valence electrons. The molecule has 0 aliphatic heterocycles. The van der Waals surface area contributed by atoms with Gasteiger partial charge in [0.2, 0.25) is 5.82 Å². The Morgan fingerprint density at radius 2 is 2.27 bits per heavy atom. The summed E-state index contributed by atoms with van der Waals surface area (Å²) < 4.78 is 0.643. The predicted octanol–water partition coefficient (Wildman–Crippen LogP) is 2.46. The highest BCUT2D eigenvalue weighted by Gasteiger charge is 2.19. The van der Waals surface area contributed by atoms with Gasteiger partial charge in [0.25, 0.3) is 5.69 Å². The number of benzene rings is 1. The fourth-order valence-corrected chi connectivity index (χ4v) is 2.27. The van der Waals surface area contributed by atoms with E-state index in [2.05, 4.69) is 41.9 Å². The summed E-state index contributed by atoms with van der Waals surface area (Å²) in [5.41, 5.74) is 1.86. The van der Waals surface area contributed by atoms with E-state index in [1.165, 1.54) is 12.3 Å². The van der Waals surface area contributed by atoms with Crippen LogP contribution in [0.3, 0.4) is 0 Å². The van der Waals surface area contributed by atoms with E-state index < -0.39 is 4.92 Å². The molecular weight excluding hydrogens is 354 g/mol. The number of nitro groups is 1. The van der Waals surface area contributed by atoms with Gasteiger partial charge in [-0.2, -0.15) is 10.5 Å². The number of anilines is 1. The lowest BCUT2D eigenvalue weighted by Crippen LogP contribution is -2.02. The third kappa shape index (κ3) is 2.94. The van der Waals surface area contributed by atoms with Crippen LogP contribution >= 0.6 is 15.9 Å². The van der Waals surface area contributed by atoms with Crippen LogP contribution in [0, 0.1) is 35.3 Å². The summed E-state index contributed by atoms with van der Waals surface area (Å²) in [7, 11) is 0. The first kappa shape index (κ1) is 15.6. The third-order valence-corrected chi connectivity index (χ3v) is 3.90. The van der Waals surface area contributed by atoms with Crippen molar-refractivity contribution in [3.8, 4) is 6.07 Å². The number of aromatic nitrogens is 4. The summed E-state index contributed by atoms with van der Waals surface area (Å²) in [5.74, 6) is 0.101. The fraction of sp³-hybridized carbons (Fsp3) is 0.167. The lowest BCUT2D eigenvalue weighted by molar-refractivity contribution is -0.384. The molecule has 0 bridgehead atoms. The summed E-state index contributed by atoms with van der Waals surface area (Å²) in [6.45, 7) is 3.59. The normalized spacial score (nSPS) is 11.1. The molecule has 0 atom stereocenters. The lowest BCUT2D eigenvalue weighted by Gasteiger charge is -2.11. The van der Waals surface area contributed by atoms with Crippen molar-refractivity contribution >= 4 is 32.9 Å². The molecule has 1 heterocycles. The van der Waals surface area contributed by atoms with E-state index in [1.54, 1.807) is 6.92 Å². The lowest BCUT2D eigenvalue weighted by atomic mass is 10.1. The molecule has 0 aliphatic rings. The Balaban J connectivity index is 2.47. The second-order valence-corrected chi connectivity index (χ2v) is 5.16. The minimum atomic E-state index is -0.492. The van der Waals surface area contributed by atoms with E-state index in [-0.39, 0.29) is 17.1 Å². The number of nitriles is 1. The average molecular weight is 364 g/mol. The molecule has 1 aromatic heterocycles. The molecule has 0 radical (unpaired) electrons. The first-order valence-electron chi connectivity index (χ1n) is 6.00. The molecule has 9 nitrogen and oxygen atoms in total. The number of hydrogen-bond acceptors (Lipinski definition) is 7. The topological polar surface area (TPSA) is 133 Å². The Kier molecular flexibility index (Phi) is 4.47. The third-order valence-electron chi connectivity index (χ3n) is 3.08. The number of hydrogen-bond donors (Lipinski definition) is 2. The van der Waals surface area contributed by atoms with Gasteiger partial charge in [-0.3, -0.25) is 10.1 Å². The summed E-state index contributed by atoms with van der Waals surface area (Å²) in [6.07, 6.45) is 1.31. The van der Waals surface area contributed by atoms with Crippen LogP contribution in [-0.2, 0) is 0 Å².